The molecule has 1 N–H and O–H groups in total. The largest absolute Gasteiger partial charge is 0.300 e. The van der Waals surface area contributed by atoms with E-state index in [4.69, 9.17) is 0 Å². The van der Waals surface area contributed by atoms with Crippen molar-refractivity contribution in [3.8, 4) is 11.1 Å². The van der Waals surface area contributed by atoms with Crippen LogP contribution in [0.5, 0.6) is 0 Å². The molecule has 1 aliphatic heterocycles. The van der Waals surface area contributed by atoms with E-state index in [0.717, 1.165) is 6.42 Å². The molecular formula is C32H47N2O2P. The number of nitrogens with one attached hydrogen (secondary N) is 1. The van der Waals surface area contributed by atoms with Crippen LogP contribution in [0.3, 0.4) is 0 Å². The Balaban J connectivity index is 2.35. The van der Waals surface area contributed by atoms with Gasteiger partial charge in [-0.2, -0.15) is 0 Å². The van der Waals surface area contributed by atoms with Crippen LogP contribution in [0.1, 0.15) is 123 Å². The van der Waals surface area contributed by atoms with Gasteiger partial charge in [0.2, 0.25) is 0 Å². The lowest BCUT2D eigenvalue weighted by Crippen LogP contribution is -2.45. The number of hydrogen-bond donors (Lipinski definition) is 1. The molecule has 1 saturated heterocycles. The molecule has 1 aliphatic rings. The Morgan fingerprint density at radius 2 is 1.46 bits per heavy atom. The van der Waals surface area contributed by atoms with Crippen molar-refractivity contribution in [1.29, 1.82) is 0 Å². The second-order valence-corrected chi connectivity index (χ2v) is 16.6. The van der Waals surface area contributed by atoms with E-state index in [-0.39, 0.29) is 22.1 Å². The van der Waals surface area contributed by atoms with E-state index in [1.807, 2.05) is 0 Å². The molecule has 0 aromatic heterocycles. The highest BCUT2D eigenvalue weighted by molar-refractivity contribution is 7.69. The first-order valence-electron chi connectivity index (χ1n) is 13.9. The average molecular weight is 523 g/mol. The van der Waals surface area contributed by atoms with Crippen LogP contribution in [0.15, 0.2) is 41.7 Å². The Bertz CT molecular complexity index is 1100. The van der Waals surface area contributed by atoms with Gasteiger partial charge in [0.25, 0.3) is 0 Å². The Labute approximate surface area is 226 Å². The fourth-order valence-electron chi connectivity index (χ4n) is 6.46. The quantitative estimate of drug-likeness (QED) is 0.225. The Hall–Kier alpha value is -2.06. The maximum atomic E-state index is 13.1. The molecule has 5 heteroatoms. The number of ketones is 1. The minimum Gasteiger partial charge on any atom is -0.300 e. The molecule has 2 aromatic carbocycles. The predicted octanol–water partition coefficient (Wildman–Crippen LogP) is 8.78. The number of rotatable bonds is 7. The molecule has 0 bridgehead atoms. The van der Waals surface area contributed by atoms with Crippen LogP contribution in [-0.4, -0.2) is 22.1 Å². The second kappa shape index (κ2) is 11.4. The fraction of sp³-hybridized carbons (Fsp3) is 0.594. The third-order valence-corrected chi connectivity index (χ3v) is 11.5. The summed E-state index contributed by atoms with van der Waals surface area (Å²) in [6.45, 7) is 22.9. The van der Waals surface area contributed by atoms with E-state index in [0.29, 0.717) is 30.6 Å². The molecule has 2 atom stereocenters. The Morgan fingerprint density at radius 1 is 0.892 bits per heavy atom. The molecule has 202 valence electrons. The van der Waals surface area contributed by atoms with Gasteiger partial charge in [0.15, 0.2) is 0 Å². The van der Waals surface area contributed by atoms with E-state index in [1.165, 1.54) is 33.1 Å². The molecule has 1 heterocycles. The molecule has 1 fully saturated rings. The molecule has 0 radical (unpaired) electrons. The highest BCUT2D eigenvalue weighted by Crippen LogP contribution is 2.63. The fourth-order valence-corrected chi connectivity index (χ4v) is 10.8. The van der Waals surface area contributed by atoms with Crippen LogP contribution in [0, 0.1) is 4.91 Å². The predicted molar refractivity (Wildman–Crippen MR) is 160 cm³/mol. The average Bonchev–Trinajstić information content (AvgIpc) is 2.76. The normalized spacial score (nSPS) is 21.7. The molecule has 2 aromatic rings. The van der Waals surface area contributed by atoms with Gasteiger partial charge in [-0.05, 0) is 67.6 Å². The van der Waals surface area contributed by atoms with Crippen molar-refractivity contribution in [2.45, 2.75) is 123 Å². The smallest absolute Gasteiger partial charge is 0.135 e. The molecule has 3 rings (SSSR count). The molecule has 0 aliphatic carbocycles. The van der Waals surface area contributed by atoms with Crippen LogP contribution in [0.4, 0.5) is 0 Å². The van der Waals surface area contributed by atoms with Crippen molar-refractivity contribution in [3.05, 3.63) is 58.0 Å². The number of hydrogen-bond acceptors (Lipinski definition) is 3. The van der Waals surface area contributed by atoms with Gasteiger partial charge in [-0.15, -0.1) is 4.91 Å². The number of carbonyl (C=O) groups excluding carboxylic acids is 1. The van der Waals surface area contributed by atoms with Crippen molar-refractivity contribution < 1.29 is 4.79 Å². The zero-order valence-electron chi connectivity index (χ0n) is 24.6. The first-order chi connectivity index (χ1) is 17.2. The van der Waals surface area contributed by atoms with E-state index in [2.05, 4.69) is 116 Å². The van der Waals surface area contributed by atoms with Gasteiger partial charge in [0.1, 0.15) is 5.78 Å². The SMILES string of the molecule is CC(C)c1cc(C(C)C)c(-c2ccccc2P2C(C)(C)CC(=O)CC(NN=O)CC2(C)C)c(C(C)C)c1. The van der Waals surface area contributed by atoms with Gasteiger partial charge in [-0.3, -0.25) is 10.2 Å². The molecule has 2 unspecified atom stereocenters. The molecule has 37 heavy (non-hydrogen) atoms. The molecule has 0 amide bonds. The summed E-state index contributed by atoms with van der Waals surface area (Å²) in [5.74, 6) is 1.45. The summed E-state index contributed by atoms with van der Waals surface area (Å²) in [4.78, 5) is 24.2. The Kier molecular flexibility index (Phi) is 9.05. The minimum absolute atomic E-state index is 0.105. The maximum Gasteiger partial charge on any atom is 0.135 e. The van der Waals surface area contributed by atoms with Gasteiger partial charge in [0.05, 0.1) is 6.04 Å². The zero-order valence-corrected chi connectivity index (χ0v) is 25.5. The van der Waals surface area contributed by atoms with Crippen LogP contribution in [-0.2, 0) is 4.79 Å². The Morgan fingerprint density at radius 3 is 1.97 bits per heavy atom. The van der Waals surface area contributed by atoms with Crippen molar-refractivity contribution in [2.24, 2.45) is 5.29 Å². The summed E-state index contributed by atoms with van der Waals surface area (Å²) in [6.07, 6.45) is 1.59. The van der Waals surface area contributed by atoms with Gasteiger partial charge in [-0.1, -0.05) is 114 Å². The second-order valence-electron chi connectivity index (χ2n) is 13.1. The van der Waals surface area contributed by atoms with Gasteiger partial charge in [0, 0.05) is 18.1 Å². The summed E-state index contributed by atoms with van der Waals surface area (Å²) in [6, 6.07) is 13.5. The lowest BCUT2D eigenvalue weighted by Gasteiger charge is -2.49. The lowest BCUT2D eigenvalue weighted by molar-refractivity contribution is -0.120. The molecule has 0 saturated carbocycles. The minimum atomic E-state index is -0.793. The lowest BCUT2D eigenvalue weighted by atomic mass is 9.82. The first kappa shape index (κ1) is 29.5. The first-order valence-corrected chi connectivity index (χ1v) is 15.2. The topological polar surface area (TPSA) is 58.5 Å². The maximum absolute atomic E-state index is 13.1. The number of nitrogens with zero attached hydrogens (tertiary/aromatic N) is 1. The monoisotopic (exact) mass is 522 g/mol. The van der Waals surface area contributed by atoms with Crippen molar-refractivity contribution in [3.63, 3.8) is 0 Å². The van der Waals surface area contributed by atoms with Gasteiger partial charge >= 0.3 is 0 Å². The third-order valence-electron chi connectivity index (χ3n) is 7.84. The van der Waals surface area contributed by atoms with Crippen LogP contribution < -0.4 is 10.7 Å². The summed E-state index contributed by atoms with van der Waals surface area (Å²) < 4.78 is 0. The van der Waals surface area contributed by atoms with E-state index in [9.17, 15) is 9.70 Å². The van der Waals surface area contributed by atoms with Gasteiger partial charge < -0.3 is 0 Å². The van der Waals surface area contributed by atoms with E-state index >= 15 is 0 Å². The third kappa shape index (κ3) is 6.33. The van der Waals surface area contributed by atoms with Crippen molar-refractivity contribution in [1.82, 2.24) is 5.43 Å². The van der Waals surface area contributed by atoms with Crippen molar-refractivity contribution in [2.75, 3.05) is 0 Å². The summed E-state index contributed by atoms with van der Waals surface area (Å²) in [7, 11) is -0.793. The summed E-state index contributed by atoms with van der Waals surface area (Å²) in [5.41, 5.74) is 9.59. The number of Topliss-reactive ketones (excluding diaryl/α,β-unsaturated/α-hetero) is 1. The molecular weight excluding hydrogens is 475 g/mol. The molecule has 4 nitrogen and oxygen atoms in total. The van der Waals surface area contributed by atoms with Crippen LogP contribution in [0.25, 0.3) is 11.1 Å². The highest BCUT2D eigenvalue weighted by Gasteiger charge is 2.46. The van der Waals surface area contributed by atoms with E-state index in [1.54, 1.807) is 0 Å². The number of nitroso groups, excluding NO2 is 1. The van der Waals surface area contributed by atoms with E-state index < -0.39 is 7.92 Å². The summed E-state index contributed by atoms with van der Waals surface area (Å²) in [5, 5.41) is 4.05. The van der Waals surface area contributed by atoms with Crippen LogP contribution >= 0.6 is 7.92 Å². The van der Waals surface area contributed by atoms with Crippen LogP contribution in [0.2, 0.25) is 0 Å². The number of benzene rings is 2. The van der Waals surface area contributed by atoms with Crippen molar-refractivity contribution >= 4 is 19.0 Å². The number of carbonyl (C=O) groups is 1. The molecule has 0 spiro atoms. The standard InChI is InChI=1S/C32H47N2O2P/c1-20(2)23-15-27(21(3)4)30(28(16-23)22(5)6)26-13-11-12-14-29(26)37-31(7,8)18-24(33-34-36)17-25(35)19-32(37,9)10/h11-16,20-22,24H,17-19H2,1-10H3,(H,33,36). The highest BCUT2D eigenvalue weighted by atomic mass is 31.1. The van der Waals surface area contributed by atoms with Gasteiger partial charge in [-0.25, -0.2) is 0 Å². The zero-order chi connectivity index (χ0) is 27.7. The summed E-state index contributed by atoms with van der Waals surface area (Å²) >= 11 is 0.